The van der Waals surface area contributed by atoms with Gasteiger partial charge in [-0.2, -0.15) is 4.99 Å². The highest BCUT2D eigenvalue weighted by molar-refractivity contribution is 5.96. The molecule has 1 aromatic heterocycles. The molecule has 8 nitrogen and oxygen atoms in total. The highest BCUT2D eigenvalue weighted by Crippen LogP contribution is 2.23. The number of aromatic nitrogens is 1. The Balaban J connectivity index is 2.15. The predicted octanol–water partition coefficient (Wildman–Crippen LogP) is 1.30. The van der Waals surface area contributed by atoms with Crippen LogP contribution in [0, 0.1) is 0 Å². The Labute approximate surface area is 143 Å². The summed E-state index contributed by atoms with van der Waals surface area (Å²) in [4.78, 5) is 23.7. The van der Waals surface area contributed by atoms with E-state index in [2.05, 4.69) is 15.0 Å². The van der Waals surface area contributed by atoms with Crippen LogP contribution >= 0.6 is 0 Å². The number of aliphatic imine (C=N–C) groups is 2. The van der Waals surface area contributed by atoms with Crippen LogP contribution in [0.1, 0.15) is 6.92 Å². The van der Waals surface area contributed by atoms with E-state index in [4.69, 9.17) is 21.9 Å². The first-order valence-corrected chi connectivity index (χ1v) is 7.64. The topological polar surface area (TPSA) is 145 Å². The van der Waals surface area contributed by atoms with E-state index in [0.717, 1.165) is 0 Å². The summed E-state index contributed by atoms with van der Waals surface area (Å²) < 4.78 is 5.46. The molecule has 25 heavy (non-hydrogen) atoms. The van der Waals surface area contributed by atoms with Gasteiger partial charge in [0.15, 0.2) is 11.4 Å². The van der Waals surface area contributed by atoms with Crippen molar-refractivity contribution in [3.63, 3.8) is 0 Å². The van der Waals surface area contributed by atoms with E-state index >= 15 is 0 Å². The van der Waals surface area contributed by atoms with E-state index in [9.17, 15) is 4.79 Å². The third-order valence-corrected chi connectivity index (χ3v) is 3.55. The number of aromatic amines is 1. The Morgan fingerprint density at radius 1 is 1.08 bits per heavy atom. The predicted molar refractivity (Wildman–Crippen MR) is 100 cm³/mol. The minimum atomic E-state index is -0.174. The maximum absolute atomic E-state index is 12.7. The van der Waals surface area contributed by atoms with Crippen LogP contribution in [-0.2, 0) is 0 Å². The minimum absolute atomic E-state index is 0.0659. The number of nitrogens with two attached hydrogens (primary N) is 3. The number of guanidine groups is 2. The van der Waals surface area contributed by atoms with Crippen molar-refractivity contribution in [3.05, 3.63) is 46.6 Å². The van der Waals surface area contributed by atoms with Crippen molar-refractivity contribution >= 4 is 39.4 Å². The molecule has 0 amide bonds. The Morgan fingerprint density at radius 2 is 1.88 bits per heavy atom. The fourth-order valence-electron chi connectivity index (χ4n) is 2.56. The lowest BCUT2D eigenvalue weighted by Crippen LogP contribution is -2.26. The molecule has 0 fully saturated rings. The van der Waals surface area contributed by atoms with Crippen LogP contribution in [0.4, 0.5) is 5.69 Å². The summed E-state index contributed by atoms with van der Waals surface area (Å²) in [5.41, 5.74) is 17.9. The normalized spacial score (nSPS) is 11.6. The average Bonchev–Trinajstić information content (AvgIpc) is 2.55. The zero-order chi connectivity index (χ0) is 18.0. The smallest absolute Gasteiger partial charge is 0.223 e. The number of H-pyrrole nitrogens is 1. The summed E-state index contributed by atoms with van der Waals surface area (Å²) >= 11 is 0. The molecule has 0 aliphatic carbocycles. The van der Waals surface area contributed by atoms with E-state index in [1.807, 2.05) is 19.1 Å². The second kappa shape index (κ2) is 6.52. The quantitative estimate of drug-likeness (QED) is 0.323. The van der Waals surface area contributed by atoms with Gasteiger partial charge in [-0.15, -0.1) is 0 Å². The summed E-state index contributed by atoms with van der Waals surface area (Å²) in [5, 5.41) is 1.11. The Kier molecular flexibility index (Phi) is 4.25. The molecule has 0 atom stereocenters. The second-order valence-corrected chi connectivity index (χ2v) is 5.33. The molecule has 8 heteroatoms. The summed E-state index contributed by atoms with van der Waals surface area (Å²) in [6.07, 6.45) is 0. The van der Waals surface area contributed by atoms with E-state index in [1.54, 1.807) is 24.3 Å². The number of pyridine rings is 1. The molecule has 3 aromatic rings. The lowest BCUT2D eigenvalue weighted by Gasteiger charge is -2.07. The molecule has 128 valence electrons. The van der Waals surface area contributed by atoms with Crippen LogP contribution in [0.5, 0.6) is 5.75 Å². The molecule has 0 spiro atoms. The van der Waals surface area contributed by atoms with Crippen LogP contribution in [-0.4, -0.2) is 23.5 Å². The number of nitrogens with zero attached hydrogens (tertiary/aromatic N) is 2. The Morgan fingerprint density at radius 3 is 2.60 bits per heavy atom. The Bertz CT molecular complexity index is 1060. The lowest BCUT2D eigenvalue weighted by atomic mass is 10.1. The van der Waals surface area contributed by atoms with Crippen LogP contribution in [0.15, 0.2) is 51.2 Å². The van der Waals surface area contributed by atoms with Crippen LogP contribution in [0.3, 0.4) is 0 Å². The van der Waals surface area contributed by atoms with Crippen molar-refractivity contribution in [1.82, 2.24) is 4.98 Å². The van der Waals surface area contributed by atoms with Gasteiger partial charge < -0.3 is 26.9 Å². The van der Waals surface area contributed by atoms with E-state index in [-0.39, 0.29) is 17.3 Å². The zero-order valence-corrected chi connectivity index (χ0v) is 13.6. The number of hydrogen-bond acceptors (Lipinski definition) is 3. The highest BCUT2D eigenvalue weighted by atomic mass is 16.5. The van der Waals surface area contributed by atoms with Gasteiger partial charge in [0.1, 0.15) is 5.75 Å². The number of hydrogen-bond donors (Lipinski definition) is 4. The highest BCUT2D eigenvalue weighted by Gasteiger charge is 2.07. The number of ether oxygens (including phenoxy) is 1. The maximum Gasteiger partial charge on any atom is 0.223 e. The fraction of sp³-hybridized carbons (Fsp3) is 0.118. The van der Waals surface area contributed by atoms with Crippen molar-refractivity contribution in [2.45, 2.75) is 6.92 Å². The maximum atomic E-state index is 12.7. The van der Waals surface area contributed by atoms with Crippen LogP contribution in [0.2, 0.25) is 0 Å². The molecule has 7 N–H and O–H groups in total. The third kappa shape index (κ3) is 3.37. The van der Waals surface area contributed by atoms with Gasteiger partial charge in [-0.25, -0.2) is 4.99 Å². The molecule has 0 saturated heterocycles. The number of rotatable bonds is 3. The number of benzene rings is 2. The van der Waals surface area contributed by atoms with E-state index in [1.165, 1.54) is 0 Å². The molecule has 1 heterocycles. The lowest BCUT2D eigenvalue weighted by molar-refractivity contribution is 0.340. The van der Waals surface area contributed by atoms with Gasteiger partial charge in [-0.1, -0.05) is 0 Å². The van der Waals surface area contributed by atoms with Crippen LogP contribution in [0.25, 0.3) is 21.8 Å². The molecule has 0 unspecified atom stereocenters. The van der Waals surface area contributed by atoms with Crippen molar-refractivity contribution in [3.8, 4) is 5.75 Å². The van der Waals surface area contributed by atoms with Gasteiger partial charge in [0, 0.05) is 10.8 Å². The second-order valence-electron chi connectivity index (χ2n) is 5.33. The van der Waals surface area contributed by atoms with Crippen molar-refractivity contribution in [2.24, 2.45) is 27.2 Å². The molecule has 0 radical (unpaired) electrons. The fourth-order valence-corrected chi connectivity index (χ4v) is 2.56. The number of nitrogens with one attached hydrogen (secondary N) is 1. The van der Waals surface area contributed by atoms with Crippen molar-refractivity contribution in [2.75, 3.05) is 6.61 Å². The Hall–Kier alpha value is -3.55. The zero-order valence-electron chi connectivity index (χ0n) is 13.6. The van der Waals surface area contributed by atoms with E-state index < -0.39 is 0 Å². The minimum Gasteiger partial charge on any atom is -0.494 e. The van der Waals surface area contributed by atoms with Crippen molar-refractivity contribution in [1.29, 1.82) is 0 Å². The van der Waals surface area contributed by atoms with Gasteiger partial charge in [-0.05, 0) is 43.3 Å². The molecule has 2 aromatic carbocycles. The first-order valence-electron chi connectivity index (χ1n) is 7.64. The SMILES string of the molecule is CCOc1ccc2[nH]c3cc(N=C(N)N=C(N)N)ccc3c(=O)c2c1. The average molecular weight is 338 g/mol. The summed E-state index contributed by atoms with van der Waals surface area (Å²) in [6.45, 7) is 2.43. The summed E-state index contributed by atoms with van der Waals surface area (Å²) in [7, 11) is 0. The number of fused-ring (bicyclic) bond motifs is 2. The molecular weight excluding hydrogens is 320 g/mol. The van der Waals surface area contributed by atoms with Gasteiger partial charge in [0.2, 0.25) is 5.96 Å². The molecule has 0 bridgehead atoms. The molecule has 0 saturated carbocycles. The van der Waals surface area contributed by atoms with Gasteiger partial charge >= 0.3 is 0 Å². The first kappa shape index (κ1) is 16.3. The molecule has 0 aliphatic rings. The van der Waals surface area contributed by atoms with Crippen molar-refractivity contribution < 1.29 is 4.74 Å². The molecule has 3 rings (SSSR count). The van der Waals surface area contributed by atoms with Gasteiger partial charge in [0.05, 0.1) is 23.3 Å². The summed E-state index contributed by atoms with van der Waals surface area (Å²) in [5.74, 6) is 0.418. The largest absolute Gasteiger partial charge is 0.494 e. The molecular formula is C17H18N6O2. The monoisotopic (exact) mass is 338 g/mol. The molecule has 0 aliphatic heterocycles. The standard InChI is InChI=1S/C17H18N6O2/c1-2-25-10-4-6-13-12(8-10)15(24)11-5-3-9(7-14(11)22-13)21-17(20)23-16(18)19/h3-8H,2H2,1H3,(H,22,24)(H6,18,19,20,21,23). The third-order valence-electron chi connectivity index (χ3n) is 3.55. The summed E-state index contributed by atoms with van der Waals surface area (Å²) in [6, 6.07) is 10.4. The van der Waals surface area contributed by atoms with Crippen LogP contribution < -0.4 is 27.4 Å². The van der Waals surface area contributed by atoms with E-state index in [0.29, 0.717) is 39.8 Å². The van der Waals surface area contributed by atoms with Gasteiger partial charge in [0.25, 0.3) is 0 Å². The first-order chi connectivity index (χ1) is 12.0. The van der Waals surface area contributed by atoms with Gasteiger partial charge in [-0.3, -0.25) is 4.79 Å².